The molecule has 5 nitrogen and oxygen atoms in total. The van der Waals surface area contributed by atoms with E-state index in [9.17, 15) is 9.18 Å². The average Bonchev–Trinajstić information content (AvgIpc) is 3.21. The summed E-state index contributed by atoms with van der Waals surface area (Å²) < 4.78 is 24.2. The molecule has 134 valence electrons. The van der Waals surface area contributed by atoms with Gasteiger partial charge in [0, 0.05) is 24.6 Å². The maximum atomic E-state index is 12.9. The summed E-state index contributed by atoms with van der Waals surface area (Å²) in [6.07, 6.45) is 2.75. The number of halogens is 1. The highest BCUT2D eigenvalue weighted by atomic mass is 19.1. The summed E-state index contributed by atoms with van der Waals surface area (Å²) in [7, 11) is 0. The standard InChI is InChI=1S/C19H22FNO4/c1-2-17-13(10-18(25-17)19(22)23)11-21-9-3-4-15(21)12-24-16-7-5-14(20)6-8-16/h5-8,10,15H,2-4,9,11-12H2,1H3,(H,22,23)/t15-/m0/s1. The third kappa shape index (κ3) is 4.20. The Morgan fingerprint density at radius 2 is 2.16 bits per heavy atom. The Labute approximate surface area is 146 Å². The van der Waals surface area contributed by atoms with Crippen molar-refractivity contribution in [3.05, 3.63) is 53.2 Å². The molecule has 1 saturated heterocycles. The third-order valence-corrected chi connectivity index (χ3v) is 4.56. The van der Waals surface area contributed by atoms with Gasteiger partial charge in [-0.1, -0.05) is 6.92 Å². The Morgan fingerprint density at radius 3 is 2.84 bits per heavy atom. The molecule has 2 heterocycles. The lowest BCUT2D eigenvalue weighted by Gasteiger charge is -2.24. The molecule has 1 aromatic heterocycles. The number of carboxylic acid groups (broad SMARTS) is 1. The molecule has 0 radical (unpaired) electrons. The van der Waals surface area contributed by atoms with Gasteiger partial charge in [-0.2, -0.15) is 0 Å². The number of furan rings is 1. The number of aryl methyl sites for hydroxylation is 1. The van der Waals surface area contributed by atoms with E-state index in [0.717, 1.165) is 30.7 Å². The van der Waals surface area contributed by atoms with Crippen LogP contribution in [0.25, 0.3) is 0 Å². The number of hydrogen-bond acceptors (Lipinski definition) is 4. The van der Waals surface area contributed by atoms with E-state index in [1.54, 1.807) is 18.2 Å². The van der Waals surface area contributed by atoms with Gasteiger partial charge >= 0.3 is 5.97 Å². The molecule has 0 aliphatic carbocycles. The number of carbonyl (C=O) groups is 1. The largest absolute Gasteiger partial charge is 0.492 e. The van der Waals surface area contributed by atoms with E-state index >= 15 is 0 Å². The minimum atomic E-state index is -1.04. The van der Waals surface area contributed by atoms with Gasteiger partial charge in [-0.25, -0.2) is 9.18 Å². The lowest BCUT2D eigenvalue weighted by Crippen LogP contribution is -2.33. The van der Waals surface area contributed by atoms with Gasteiger partial charge in [-0.05, 0) is 49.7 Å². The zero-order valence-corrected chi connectivity index (χ0v) is 14.2. The molecule has 0 unspecified atom stereocenters. The molecule has 2 aromatic rings. The lowest BCUT2D eigenvalue weighted by atomic mass is 10.1. The predicted octanol–water partition coefficient (Wildman–Crippen LogP) is 3.72. The SMILES string of the molecule is CCc1oc(C(=O)O)cc1CN1CCC[C@H]1COc1ccc(F)cc1. The quantitative estimate of drug-likeness (QED) is 0.827. The molecule has 3 rings (SSSR count). The number of aromatic carboxylic acids is 1. The number of nitrogens with zero attached hydrogens (tertiary/aromatic N) is 1. The average molecular weight is 347 g/mol. The number of rotatable bonds is 7. The Hall–Kier alpha value is -2.34. The number of benzene rings is 1. The van der Waals surface area contributed by atoms with E-state index in [1.807, 2.05) is 6.92 Å². The molecule has 0 saturated carbocycles. The highest BCUT2D eigenvalue weighted by Gasteiger charge is 2.27. The van der Waals surface area contributed by atoms with Crippen molar-refractivity contribution in [1.82, 2.24) is 4.90 Å². The molecule has 1 N–H and O–H groups in total. The van der Waals surface area contributed by atoms with E-state index in [4.69, 9.17) is 14.3 Å². The third-order valence-electron chi connectivity index (χ3n) is 4.56. The fraction of sp³-hybridized carbons (Fsp3) is 0.421. The fourth-order valence-electron chi connectivity index (χ4n) is 3.24. The molecular formula is C19H22FNO4. The minimum Gasteiger partial charge on any atom is -0.492 e. The fourth-order valence-corrected chi connectivity index (χ4v) is 3.24. The van der Waals surface area contributed by atoms with Crippen LogP contribution in [0.3, 0.4) is 0 Å². The van der Waals surface area contributed by atoms with Gasteiger partial charge in [0.05, 0.1) is 0 Å². The molecule has 0 amide bonds. The van der Waals surface area contributed by atoms with Gasteiger partial charge in [-0.3, -0.25) is 4.90 Å². The highest BCUT2D eigenvalue weighted by molar-refractivity contribution is 5.84. The second kappa shape index (κ2) is 7.70. The van der Waals surface area contributed by atoms with Crippen LogP contribution in [0.2, 0.25) is 0 Å². The maximum absolute atomic E-state index is 12.9. The monoisotopic (exact) mass is 347 g/mol. The van der Waals surface area contributed by atoms with Crippen molar-refractivity contribution >= 4 is 5.97 Å². The van der Waals surface area contributed by atoms with Crippen LogP contribution in [0.4, 0.5) is 4.39 Å². The van der Waals surface area contributed by atoms with E-state index < -0.39 is 5.97 Å². The molecule has 1 aliphatic rings. The summed E-state index contributed by atoms with van der Waals surface area (Å²) >= 11 is 0. The van der Waals surface area contributed by atoms with Crippen molar-refractivity contribution < 1.29 is 23.4 Å². The van der Waals surface area contributed by atoms with E-state index in [2.05, 4.69) is 4.90 Å². The number of hydrogen-bond donors (Lipinski definition) is 1. The van der Waals surface area contributed by atoms with Crippen molar-refractivity contribution in [3.63, 3.8) is 0 Å². The Morgan fingerprint density at radius 1 is 1.40 bits per heavy atom. The van der Waals surface area contributed by atoms with Gasteiger partial charge in [0.2, 0.25) is 5.76 Å². The predicted molar refractivity (Wildman–Crippen MR) is 90.4 cm³/mol. The van der Waals surface area contributed by atoms with Gasteiger partial charge < -0.3 is 14.3 Å². The van der Waals surface area contributed by atoms with Crippen LogP contribution in [-0.4, -0.2) is 35.2 Å². The second-order valence-electron chi connectivity index (χ2n) is 6.25. The first-order chi connectivity index (χ1) is 12.1. The Balaban J connectivity index is 1.63. The minimum absolute atomic E-state index is 0.00911. The molecule has 1 atom stereocenters. The van der Waals surface area contributed by atoms with E-state index in [0.29, 0.717) is 25.3 Å². The smallest absolute Gasteiger partial charge is 0.371 e. The first-order valence-electron chi connectivity index (χ1n) is 8.54. The summed E-state index contributed by atoms with van der Waals surface area (Å²) in [6, 6.07) is 7.88. The first-order valence-corrected chi connectivity index (χ1v) is 8.54. The maximum Gasteiger partial charge on any atom is 0.371 e. The topological polar surface area (TPSA) is 62.9 Å². The molecule has 1 aromatic carbocycles. The summed E-state index contributed by atoms with van der Waals surface area (Å²) in [6.45, 7) is 4.06. The van der Waals surface area contributed by atoms with Crippen molar-refractivity contribution in [2.75, 3.05) is 13.2 Å². The molecule has 1 fully saturated rings. The molecule has 0 bridgehead atoms. The summed E-state index contributed by atoms with van der Waals surface area (Å²) in [4.78, 5) is 13.4. The van der Waals surface area contributed by atoms with Crippen molar-refractivity contribution in [2.45, 2.75) is 38.8 Å². The molecule has 1 aliphatic heterocycles. The van der Waals surface area contributed by atoms with Crippen LogP contribution in [0.1, 0.15) is 41.6 Å². The van der Waals surface area contributed by atoms with Gasteiger partial charge in [0.25, 0.3) is 0 Å². The molecule has 6 heteroatoms. The van der Waals surface area contributed by atoms with Crippen LogP contribution in [0, 0.1) is 5.82 Å². The zero-order chi connectivity index (χ0) is 17.8. The van der Waals surface area contributed by atoms with Crippen LogP contribution in [-0.2, 0) is 13.0 Å². The summed E-state index contributed by atoms with van der Waals surface area (Å²) in [5.41, 5.74) is 0.925. The van der Waals surface area contributed by atoms with Crippen LogP contribution >= 0.6 is 0 Å². The number of likely N-dealkylation sites (tertiary alicyclic amines) is 1. The van der Waals surface area contributed by atoms with Crippen LogP contribution in [0.15, 0.2) is 34.7 Å². The lowest BCUT2D eigenvalue weighted by molar-refractivity contribution is 0.0660. The van der Waals surface area contributed by atoms with Gasteiger partial charge in [0.1, 0.15) is 23.9 Å². The highest BCUT2D eigenvalue weighted by Crippen LogP contribution is 2.25. The summed E-state index contributed by atoms with van der Waals surface area (Å²) in [5.74, 6) is 0.0429. The molecular weight excluding hydrogens is 325 g/mol. The van der Waals surface area contributed by atoms with Crippen molar-refractivity contribution in [1.29, 1.82) is 0 Å². The van der Waals surface area contributed by atoms with Crippen molar-refractivity contribution in [3.8, 4) is 5.75 Å². The Kier molecular flexibility index (Phi) is 5.38. The normalized spacial score (nSPS) is 17.8. The first kappa shape index (κ1) is 17.5. The zero-order valence-electron chi connectivity index (χ0n) is 14.2. The molecule has 0 spiro atoms. The molecule has 25 heavy (non-hydrogen) atoms. The second-order valence-corrected chi connectivity index (χ2v) is 6.25. The number of ether oxygens (including phenoxy) is 1. The Bertz CT molecular complexity index is 726. The summed E-state index contributed by atoms with van der Waals surface area (Å²) in [5, 5.41) is 9.11. The number of carboxylic acids is 1. The van der Waals surface area contributed by atoms with Crippen LogP contribution in [0.5, 0.6) is 5.75 Å². The van der Waals surface area contributed by atoms with Gasteiger partial charge in [-0.15, -0.1) is 0 Å². The van der Waals surface area contributed by atoms with Gasteiger partial charge in [0.15, 0.2) is 0 Å². The van der Waals surface area contributed by atoms with Crippen molar-refractivity contribution in [2.24, 2.45) is 0 Å². The van der Waals surface area contributed by atoms with E-state index in [1.165, 1.54) is 12.1 Å². The van der Waals surface area contributed by atoms with Crippen LogP contribution < -0.4 is 4.74 Å². The van der Waals surface area contributed by atoms with E-state index in [-0.39, 0.29) is 17.6 Å².